The third-order valence-electron chi connectivity index (χ3n) is 4.04. The van der Waals surface area contributed by atoms with Crippen LogP contribution < -0.4 is 4.74 Å². The second kappa shape index (κ2) is 7.97. The van der Waals surface area contributed by atoms with Gasteiger partial charge in [-0.15, -0.1) is 0 Å². The van der Waals surface area contributed by atoms with Crippen molar-refractivity contribution in [2.45, 2.75) is 31.8 Å². The number of rotatable bonds is 6. The first kappa shape index (κ1) is 17.3. The number of methoxy groups -OCH3 is 1. The molecular weight excluding hydrogens is 298 g/mol. The molecule has 1 aliphatic heterocycles. The van der Waals surface area contributed by atoms with E-state index in [2.05, 4.69) is 0 Å². The first-order chi connectivity index (χ1) is 11.0. The van der Waals surface area contributed by atoms with E-state index in [9.17, 15) is 9.59 Å². The Hall–Kier alpha value is -2.08. The Morgan fingerprint density at radius 1 is 1.30 bits per heavy atom. The van der Waals surface area contributed by atoms with Crippen LogP contribution in [-0.2, 0) is 4.74 Å². The van der Waals surface area contributed by atoms with Gasteiger partial charge >= 0.3 is 5.97 Å². The Labute approximate surface area is 136 Å². The van der Waals surface area contributed by atoms with Gasteiger partial charge in [0, 0.05) is 25.8 Å². The second-order valence-corrected chi connectivity index (χ2v) is 5.76. The maximum absolute atomic E-state index is 12.5. The van der Waals surface area contributed by atoms with Crippen molar-refractivity contribution in [3.8, 4) is 5.75 Å². The molecule has 1 N–H and O–H groups in total. The highest BCUT2D eigenvalue weighted by atomic mass is 16.5. The number of carbonyl (C=O) groups is 2. The van der Waals surface area contributed by atoms with Crippen LogP contribution in [-0.4, -0.2) is 55.3 Å². The second-order valence-electron chi connectivity index (χ2n) is 5.76. The molecule has 1 atom stereocenters. The van der Waals surface area contributed by atoms with Gasteiger partial charge in [0.15, 0.2) is 0 Å². The zero-order valence-electron chi connectivity index (χ0n) is 13.6. The van der Waals surface area contributed by atoms with Crippen molar-refractivity contribution in [1.82, 2.24) is 4.90 Å². The van der Waals surface area contributed by atoms with Crippen molar-refractivity contribution in [2.24, 2.45) is 0 Å². The molecule has 23 heavy (non-hydrogen) atoms. The normalized spacial score (nSPS) is 17.6. The van der Waals surface area contributed by atoms with E-state index < -0.39 is 5.97 Å². The summed E-state index contributed by atoms with van der Waals surface area (Å²) in [6.45, 7) is 1.36. The first-order valence-corrected chi connectivity index (χ1v) is 7.80. The fraction of sp³-hybridized carbons (Fsp3) is 0.529. The zero-order chi connectivity index (χ0) is 16.8. The number of hydrogen-bond donors (Lipinski definition) is 1. The zero-order valence-corrected chi connectivity index (χ0v) is 13.6. The molecule has 0 aromatic heterocycles. The molecule has 1 saturated heterocycles. The molecule has 6 nitrogen and oxygen atoms in total. The van der Waals surface area contributed by atoms with Crippen molar-refractivity contribution >= 4 is 11.9 Å². The molecule has 0 spiro atoms. The Morgan fingerprint density at radius 2 is 2.04 bits per heavy atom. The number of benzene rings is 1. The molecule has 0 unspecified atom stereocenters. The van der Waals surface area contributed by atoms with Crippen LogP contribution in [0.25, 0.3) is 0 Å². The van der Waals surface area contributed by atoms with E-state index in [0.717, 1.165) is 25.9 Å². The van der Waals surface area contributed by atoms with Crippen molar-refractivity contribution in [3.63, 3.8) is 0 Å². The van der Waals surface area contributed by atoms with Crippen molar-refractivity contribution < 1.29 is 24.2 Å². The number of amides is 1. The minimum atomic E-state index is -1.09. The van der Waals surface area contributed by atoms with Crippen LogP contribution in [0.4, 0.5) is 0 Å². The molecule has 1 aliphatic rings. The maximum Gasteiger partial charge on any atom is 0.335 e. The van der Waals surface area contributed by atoms with E-state index in [-0.39, 0.29) is 17.6 Å². The van der Waals surface area contributed by atoms with E-state index in [4.69, 9.17) is 14.6 Å². The Kier molecular flexibility index (Phi) is 5.98. The average molecular weight is 321 g/mol. The van der Waals surface area contributed by atoms with E-state index in [0.29, 0.717) is 17.9 Å². The van der Waals surface area contributed by atoms with Crippen LogP contribution >= 0.6 is 0 Å². The van der Waals surface area contributed by atoms with E-state index in [1.54, 1.807) is 18.0 Å². The van der Waals surface area contributed by atoms with Crippen molar-refractivity contribution in [1.29, 1.82) is 0 Å². The topological polar surface area (TPSA) is 76.1 Å². The molecule has 0 radical (unpaired) electrons. The first-order valence-electron chi connectivity index (χ1n) is 7.80. The standard InChI is InChI=1S/C17H23NO5/c1-18(7-6-14-5-3-4-8-23-14)16(19)12-9-13(17(20)21)11-15(10-12)22-2/h9-11,14H,3-8H2,1-2H3,(H,20,21)/t14-/m1/s1. The minimum Gasteiger partial charge on any atom is -0.497 e. The predicted molar refractivity (Wildman–Crippen MR) is 85.1 cm³/mol. The summed E-state index contributed by atoms with van der Waals surface area (Å²) in [5.41, 5.74) is 0.352. The minimum absolute atomic E-state index is 0.0386. The number of ether oxygens (including phenoxy) is 2. The quantitative estimate of drug-likeness (QED) is 0.871. The highest BCUT2D eigenvalue weighted by Crippen LogP contribution is 2.20. The van der Waals surface area contributed by atoms with Crippen LogP contribution in [0.3, 0.4) is 0 Å². The molecule has 1 amide bonds. The molecule has 0 bridgehead atoms. The van der Waals surface area contributed by atoms with E-state index >= 15 is 0 Å². The lowest BCUT2D eigenvalue weighted by atomic mass is 10.1. The number of carboxylic acid groups (broad SMARTS) is 1. The monoisotopic (exact) mass is 321 g/mol. The Balaban J connectivity index is 2.03. The largest absolute Gasteiger partial charge is 0.497 e. The molecule has 0 aliphatic carbocycles. The van der Waals surface area contributed by atoms with Crippen LogP contribution in [0.2, 0.25) is 0 Å². The number of aromatic carboxylic acids is 1. The molecule has 1 aromatic rings. The molecule has 0 saturated carbocycles. The highest BCUT2D eigenvalue weighted by molar-refractivity contribution is 5.98. The summed E-state index contributed by atoms with van der Waals surface area (Å²) in [5, 5.41) is 9.13. The summed E-state index contributed by atoms with van der Waals surface area (Å²) >= 11 is 0. The number of nitrogens with zero attached hydrogens (tertiary/aromatic N) is 1. The third kappa shape index (κ3) is 4.69. The van der Waals surface area contributed by atoms with Gasteiger partial charge in [-0.3, -0.25) is 4.79 Å². The number of hydrogen-bond acceptors (Lipinski definition) is 4. The van der Waals surface area contributed by atoms with Crippen LogP contribution in [0.1, 0.15) is 46.4 Å². The van der Waals surface area contributed by atoms with Gasteiger partial charge < -0.3 is 19.5 Å². The Morgan fingerprint density at radius 3 is 2.65 bits per heavy atom. The molecule has 1 fully saturated rings. The van der Waals surface area contributed by atoms with Gasteiger partial charge in [-0.1, -0.05) is 0 Å². The number of carbonyl (C=O) groups excluding carboxylic acids is 1. The molecule has 1 heterocycles. The lowest BCUT2D eigenvalue weighted by Gasteiger charge is -2.25. The number of carboxylic acids is 1. The molecule has 6 heteroatoms. The molecule has 2 rings (SSSR count). The van der Waals surface area contributed by atoms with Crippen LogP contribution in [0.15, 0.2) is 18.2 Å². The van der Waals surface area contributed by atoms with Gasteiger partial charge in [-0.25, -0.2) is 4.79 Å². The molecule has 1 aromatic carbocycles. The molecule has 126 valence electrons. The summed E-state index contributed by atoms with van der Waals surface area (Å²) in [6, 6.07) is 4.33. The van der Waals surface area contributed by atoms with Gasteiger partial charge in [0.2, 0.25) is 0 Å². The van der Waals surface area contributed by atoms with Gasteiger partial charge in [0.05, 0.1) is 18.8 Å². The third-order valence-corrected chi connectivity index (χ3v) is 4.04. The predicted octanol–water partition coefficient (Wildman–Crippen LogP) is 2.42. The summed E-state index contributed by atoms with van der Waals surface area (Å²) in [6.07, 6.45) is 4.30. The van der Waals surface area contributed by atoms with Gasteiger partial charge in [0.1, 0.15) is 5.75 Å². The molecular formula is C17H23NO5. The summed E-state index contributed by atoms with van der Waals surface area (Å²) in [7, 11) is 3.16. The Bertz CT molecular complexity index is 566. The van der Waals surface area contributed by atoms with Crippen LogP contribution in [0.5, 0.6) is 5.75 Å². The average Bonchev–Trinajstić information content (AvgIpc) is 2.59. The maximum atomic E-state index is 12.5. The van der Waals surface area contributed by atoms with Gasteiger partial charge in [-0.05, 0) is 43.9 Å². The van der Waals surface area contributed by atoms with E-state index in [1.807, 2.05) is 0 Å². The lowest BCUT2D eigenvalue weighted by Crippen LogP contribution is -2.31. The highest BCUT2D eigenvalue weighted by Gasteiger charge is 2.19. The summed E-state index contributed by atoms with van der Waals surface area (Å²) in [5.74, 6) is -0.948. The fourth-order valence-corrected chi connectivity index (χ4v) is 2.66. The van der Waals surface area contributed by atoms with Gasteiger partial charge in [0.25, 0.3) is 5.91 Å². The fourth-order valence-electron chi connectivity index (χ4n) is 2.66. The summed E-state index contributed by atoms with van der Waals surface area (Å²) < 4.78 is 10.7. The summed E-state index contributed by atoms with van der Waals surface area (Å²) in [4.78, 5) is 25.2. The van der Waals surface area contributed by atoms with Crippen molar-refractivity contribution in [3.05, 3.63) is 29.3 Å². The van der Waals surface area contributed by atoms with Crippen molar-refractivity contribution in [2.75, 3.05) is 27.3 Å². The van der Waals surface area contributed by atoms with Gasteiger partial charge in [-0.2, -0.15) is 0 Å². The smallest absolute Gasteiger partial charge is 0.335 e. The van der Waals surface area contributed by atoms with E-state index in [1.165, 1.54) is 25.7 Å². The van der Waals surface area contributed by atoms with Crippen LogP contribution in [0, 0.1) is 0 Å². The SMILES string of the molecule is COc1cc(C(=O)O)cc(C(=O)N(C)CC[C@H]2CCCCO2)c1. The lowest BCUT2D eigenvalue weighted by molar-refractivity contribution is 0.00708.